The molecule has 1 atom stereocenters. The zero-order valence-corrected chi connectivity index (χ0v) is 15.4. The molecule has 0 spiro atoms. The second kappa shape index (κ2) is 7.19. The van der Waals surface area contributed by atoms with Gasteiger partial charge in [-0.1, -0.05) is 19.0 Å². The minimum Gasteiger partial charge on any atom is -0.346 e. The van der Waals surface area contributed by atoms with Gasteiger partial charge in [0.2, 0.25) is 5.89 Å². The summed E-state index contributed by atoms with van der Waals surface area (Å²) < 4.78 is 7.41. The van der Waals surface area contributed by atoms with Gasteiger partial charge in [0.15, 0.2) is 0 Å². The third kappa shape index (κ3) is 3.95. The third-order valence-corrected chi connectivity index (χ3v) is 4.83. The molecule has 2 aromatic rings. The normalized spacial score (nSPS) is 20.8. The van der Waals surface area contributed by atoms with E-state index < -0.39 is 0 Å². The van der Waals surface area contributed by atoms with Crippen LogP contribution in [0.5, 0.6) is 0 Å². The van der Waals surface area contributed by atoms with Gasteiger partial charge in [0.05, 0.1) is 12.2 Å². The average Bonchev–Trinajstić information content (AvgIpc) is 3.02. The molecule has 4 rings (SSSR count). The summed E-state index contributed by atoms with van der Waals surface area (Å²) in [7, 11) is 0. The van der Waals surface area contributed by atoms with Crippen LogP contribution in [-0.2, 0) is 13.1 Å². The molecule has 2 aliphatic rings. The fourth-order valence-electron chi connectivity index (χ4n) is 3.43. The van der Waals surface area contributed by atoms with E-state index in [9.17, 15) is 4.79 Å². The van der Waals surface area contributed by atoms with Crippen molar-refractivity contribution in [3.8, 4) is 0 Å². The SMILES string of the molecule is CC(C)Cn1cc(CN2CCC[C@@H]2c2nc(C(=O)NC3CC3)no2)cn1. The maximum absolute atomic E-state index is 12.1. The average molecular weight is 358 g/mol. The lowest BCUT2D eigenvalue weighted by atomic mass is 10.2. The number of hydrogen-bond acceptors (Lipinski definition) is 6. The van der Waals surface area contributed by atoms with Gasteiger partial charge in [0.25, 0.3) is 11.7 Å². The van der Waals surface area contributed by atoms with E-state index in [2.05, 4.69) is 45.5 Å². The fraction of sp³-hybridized carbons (Fsp3) is 0.667. The van der Waals surface area contributed by atoms with E-state index in [1.807, 2.05) is 10.9 Å². The van der Waals surface area contributed by atoms with Crippen molar-refractivity contribution in [3.63, 3.8) is 0 Å². The van der Waals surface area contributed by atoms with Crippen molar-refractivity contribution in [3.05, 3.63) is 29.7 Å². The molecule has 1 aliphatic heterocycles. The number of hydrogen-bond donors (Lipinski definition) is 1. The molecule has 0 bridgehead atoms. The van der Waals surface area contributed by atoms with Crippen molar-refractivity contribution in [1.82, 2.24) is 30.1 Å². The van der Waals surface area contributed by atoms with Crippen molar-refractivity contribution in [2.75, 3.05) is 6.54 Å². The second-order valence-electron chi connectivity index (χ2n) is 7.80. The van der Waals surface area contributed by atoms with Gasteiger partial charge >= 0.3 is 0 Å². The van der Waals surface area contributed by atoms with Gasteiger partial charge in [-0.2, -0.15) is 10.1 Å². The molecule has 0 unspecified atom stereocenters. The number of nitrogens with one attached hydrogen (secondary N) is 1. The quantitative estimate of drug-likeness (QED) is 0.816. The number of likely N-dealkylation sites (tertiary alicyclic amines) is 1. The van der Waals surface area contributed by atoms with E-state index in [1.165, 1.54) is 5.56 Å². The standard InChI is InChI=1S/C18H26N6O2/c1-12(2)9-24-11-13(8-19-24)10-23-7-3-4-15(23)18-21-16(22-26-18)17(25)20-14-5-6-14/h8,11-12,14-15H,3-7,9-10H2,1-2H3,(H,20,25)/t15-/m1/s1. The summed E-state index contributed by atoms with van der Waals surface area (Å²) in [4.78, 5) is 18.7. The first-order valence-electron chi connectivity index (χ1n) is 9.48. The van der Waals surface area contributed by atoms with Gasteiger partial charge in [-0.3, -0.25) is 14.4 Å². The molecule has 26 heavy (non-hydrogen) atoms. The van der Waals surface area contributed by atoms with Crippen molar-refractivity contribution in [2.45, 2.75) is 64.7 Å². The first-order valence-corrected chi connectivity index (χ1v) is 9.48. The predicted octanol–water partition coefficient (Wildman–Crippen LogP) is 2.15. The van der Waals surface area contributed by atoms with Crippen LogP contribution in [0.4, 0.5) is 0 Å². The van der Waals surface area contributed by atoms with Crippen molar-refractivity contribution in [2.24, 2.45) is 5.92 Å². The lowest BCUT2D eigenvalue weighted by Gasteiger charge is -2.20. The number of aromatic nitrogens is 4. The lowest BCUT2D eigenvalue weighted by molar-refractivity contribution is 0.0937. The molecule has 8 nitrogen and oxygen atoms in total. The second-order valence-corrected chi connectivity index (χ2v) is 7.80. The Morgan fingerprint density at radius 1 is 1.38 bits per heavy atom. The van der Waals surface area contributed by atoms with Crippen molar-refractivity contribution >= 4 is 5.91 Å². The molecule has 1 aliphatic carbocycles. The fourth-order valence-corrected chi connectivity index (χ4v) is 3.43. The van der Waals surface area contributed by atoms with Crippen LogP contribution in [-0.4, -0.2) is 43.3 Å². The molecule has 2 fully saturated rings. The molecule has 1 saturated carbocycles. The zero-order valence-electron chi connectivity index (χ0n) is 15.4. The summed E-state index contributed by atoms with van der Waals surface area (Å²) in [6.45, 7) is 7.07. The Balaban J connectivity index is 1.40. The van der Waals surface area contributed by atoms with E-state index in [4.69, 9.17) is 4.52 Å². The molecule has 1 N–H and O–H groups in total. The lowest BCUT2D eigenvalue weighted by Crippen LogP contribution is -2.26. The highest BCUT2D eigenvalue weighted by Gasteiger charge is 2.32. The van der Waals surface area contributed by atoms with E-state index in [0.29, 0.717) is 11.8 Å². The van der Waals surface area contributed by atoms with Gasteiger partial charge in [-0.15, -0.1) is 0 Å². The Labute approximate surface area is 152 Å². The zero-order chi connectivity index (χ0) is 18.1. The van der Waals surface area contributed by atoms with E-state index in [-0.39, 0.29) is 23.8 Å². The first-order chi connectivity index (χ1) is 12.6. The molecular formula is C18H26N6O2. The Hall–Kier alpha value is -2.22. The van der Waals surface area contributed by atoms with Gasteiger partial charge in [0.1, 0.15) is 0 Å². The monoisotopic (exact) mass is 358 g/mol. The van der Waals surface area contributed by atoms with Crippen LogP contribution in [0.1, 0.15) is 67.6 Å². The van der Waals surface area contributed by atoms with Gasteiger partial charge in [-0.05, 0) is 38.1 Å². The Morgan fingerprint density at radius 3 is 3.00 bits per heavy atom. The van der Waals surface area contributed by atoms with Crippen LogP contribution >= 0.6 is 0 Å². The summed E-state index contributed by atoms with van der Waals surface area (Å²) >= 11 is 0. The molecule has 8 heteroatoms. The van der Waals surface area contributed by atoms with Crippen LogP contribution in [0.25, 0.3) is 0 Å². The largest absolute Gasteiger partial charge is 0.346 e. The van der Waals surface area contributed by atoms with E-state index in [1.54, 1.807) is 0 Å². The molecule has 0 aromatic carbocycles. The summed E-state index contributed by atoms with van der Waals surface area (Å²) in [5.41, 5.74) is 1.18. The minimum atomic E-state index is -0.234. The molecule has 140 valence electrons. The smallest absolute Gasteiger partial charge is 0.292 e. The Bertz CT molecular complexity index is 763. The maximum Gasteiger partial charge on any atom is 0.292 e. The number of carbonyl (C=O) groups excluding carboxylic acids is 1. The van der Waals surface area contributed by atoms with Crippen LogP contribution in [0.15, 0.2) is 16.9 Å². The first kappa shape index (κ1) is 17.2. The highest BCUT2D eigenvalue weighted by Crippen LogP contribution is 2.32. The van der Waals surface area contributed by atoms with Crippen LogP contribution < -0.4 is 5.32 Å². The molecule has 0 radical (unpaired) electrons. The maximum atomic E-state index is 12.1. The Kier molecular flexibility index (Phi) is 4.76. The Morgan fingerprint density at radius 2 is 2.23 bits per heavy atom. The van der Waals surface area contributed by atoms with Gasteiger partial charge in [0, 0.05) is 30.9 Å². The molecule has 3 heterocycles. The van der Waals surface area contributed by atoms with Crippen molar-refractivity contribution < 1.29 is 9.32 Å². The van der Waals surface area contributed by atoms with Crippen LogP contribution in [0, 0.1) is 5.92 Å². The number of carbonyl (C=O) groups is 1. The molecule has 1 saturated heterocycles. The highest BCUT2D eigenvalue weighted by atomic mass is 16.5. The third-order valence-electron chi connectivity index (χ3n) is 4.83. The number of rotatable bonds is 7. The summed E-state index contributed by atoms with van der Waals surface area (Å²) in [5, 5.41) is 11.2. The summed E-state index contributed by atoms with van der Waals surface area (Å²) in [6.07, 6.45) is 8.16. The van der Waals surface area contributed by atoms with Crippen molar-refractivity contribution in [1.29, 1.82) is 0 Å². The summed E-state index contributed by atoms with van der Waals surface area (Å²) in [6, 6.07) is 0.355. The van der Waals surface area contributed by atoms with Crippen LogP contribution in [0.2, 0.25) is 0 Å². The highest BCUT2D eigenvalue weighted by molar-refractivity contribution is 5.90. The molecule has 1 amide bonds. The minimum absolute atomic E-state index is 0.0680. The topological polar surface area (TPSA) is 89.1 Å². The number of nitrogens with zero attached hydrogens (tertiary/aromatic N) is 5. The molecular weight excluding hydrogens is 332 g/mol. The molecule has 2 aromatic heterocycles. The van der Waals surface area contributed by atoms with E-state index >= 15 is 0 Å². The van der Waals surface area contributed by atoms with Gasteiger partial charge < -0.3 is 9.84 Å². The van der Waals surface area contributed by atoms with Gasteiger partial charge in [-0.25, -0.2) is 0 Å². The van der Waals surface area contributed by atoms with E-state index in [0.717, 1.165) is 45.3 Å². The summed E-state index contributed by atoms with van der Waals surface area (Å²) in [5.74, 6) is 1.02. The van der Waals surface area contributed by atoms with Crippen LogP contribution in [0.3, 0.4) is 0 Å². The number of amides is 1. The predicted molar refractivity (Wildman–Crippen MR) is 94.2 cm³/mol.